The van der Waals surface area contributed by atoms with Crippen molar-refractivity contribution in [2.24, 2.45) is 0 Å². The fraction of sp³-hybridized carbons (Fsp3) is 0.950. The summed E-state index contributed by atoms with van der Waals surface area (Å²) in [6.45, 7) is 2.36. The van der Waals surface area contributed by atoms with Crippen LogP contribution >= 0.6 is 11.8 Å². The molecule has 0 spiro atoms. The van der Waals surface area contributed by atoms with Crippen molar-refractivity contribution in [3.8, 4) is 0 Å². The predicted molar refractivity (Wildman–Crippen MR) is 102 cm³/mol. The highest BCUT2D eigenvalue weighted by Gasteiger charge is 2.32. The van der Waals surface area contributed by atoms with Gasteiger partial charge in [-0.15, -0.1) is 0 Å². The Balaban J connectivity index is 1.64. The number of hydrogen-bond donors (Lipinski definition) is 0. The van der Waals surface area contributed by atoms with Crippen LogP contribution in [0.25, 0.3) is 0 Å². The summed E-state index contributed by atoms with van der Waals surface area (Å²) in [5.41, 5.74) is 0. The third-order valence-corrected chi connectivity index (χ3v) is 6.37. The maximum Gasteiger partial charge on any atom is 0.305 e. The Hall–Kier alpha value is -0.180. The van der Waals surface area contributed by atoms with E-state index in [1.54, 1.807) is 0 Å². The van der Waals surface area contributed by atoms with Crippen molar-refractivity contribution >= 4 is 17.7 Å². The highest BCUT2D eigenvalue weighted by molar-refractivity contribution is 8.07. The van der Waals surface area contributed by atoms with E-state index in [0.29, 0.717) is 6.42 Å². The molecule has 1 fully saturated rings. The Kier molecular flexibility index (Phi) is 12.9. The zero-order valence-electron chi connectivity index (χ0n) is 15.5. The van der Waals surface area contributed by atoms with E-state index >= 15 is 0 Å². The molecule has 1 aliphatic heterocycles. The van der Waals surface area contributed by atoms with Crippen LogP contribution in [0.15, 0.2) is 0 Å². The number of unbranched alkanes of at least 4 members (excludes halogenated alkanes) is 12. The van der Waals surface area contributed by atoms with E-state index in [1.807, 2.05) is 0 Å². The molecule has 0 N–H and O–H groups in total. The van der Waals surface area contributed by atoms with Crippen LogP contribution in [0.4, 0.5) is 0 Å². The summed E-state index contributed by atoms with van der Waals surface area (Å²) in [5, 5.41) is 1.97. The lowest BCUT2D eigenvalue weighted by Crippen LogP contribution is -1.99. The zero-order chi connectivity index (χ0) is 16.8. The van der Waals surface area contributed by atoms with E-state index in [1.165, 1.54) is 90.6 Å². The topological polar surface area (TPSA) is 26.3 Å². The maximum absolute atomic E-state index is 11.0. The van der Waals surface area contributed by atoms with Crippen molar-refractivity contribution in [2.45, 2.75) is 114 Å². The standard InChI is InChI=1S/C20H38O2S/c1-18-19(23-18)16-14-12-10-8-6-4-3-5-7-9-11-13-15-17-20(21)22-2/h18-19H,3-17H2,1-2H3. The second kappa shape index (κ2) is 14.2. The van der Waals surface area contributed by atoms with Crippen molar-refractivity contribution in [3.05, 3.63) is 0 Å². The van der Waals surface area contributed by atoms with E-state index in [2.05, 4.69) is 23.4 Å². The number of methoxy groups -OCH3 is 1. The average molecular weight is 343 g/mol. The van der Waals surface area contributed by atoms with Crippen molar-refractivity contribution < 1.29 is 9.53 Å². The quantitative estimate of drug-likeness (QED) is 0.181. The molecule has 2 atom stereocenters. The van der Waals surface area contributed by atoms with Crippen molar-refractivity contribution in [1.29, 1.82) is 0 Å². The lowest BCUT2D eigenvalue weighted by Gasteiger charge is -2.03. The van der Waals surface area contributed by atoms with Gasteiger partial charge in [-0.2, -0.15) is 11.8 Å². The zero-order valence-corrected chi connectivity index (χ0v) is 16.3. The van der Waals surface area contributed by atoms with Gasteiger partial charge in [0, 0.05) is 16.9 Å². The van der Waals surface area contributed by atoms with E-state index in [9.17, 15) is 4.79 Å². The van der Waals surface area contributed by atoms with Crippen molar-refractivity contribution in [1.82, 2.24) is 0 Å². The van der Waals surface area contributed by atoms with Crippen LogP contribution in [0.5, 0.6) is 0 Å². The minimum Gasteiger partial charge on any atom is -0.469 e. The van der Waals surface area contributed by atoms with E-state index in [0.717, 1.165) is 16.9 Å². The maximum atomic E-state index is 11.0. The fourth-order valence-electron chi connectivity index (χ4n) is 3.19. The van der Waals surface area contributed by atoms with Gasteiger partial charge in [-0.25, -0.2) is 0 Å². The van der Waals surface area contributed by atoms with Gasteiger partial charge in [0.25, 0.3) is 0 Å². The number of carbonyl (C=O) groups excluding carboxylic acids is 1. The number of esters is 1. The summed E-state index contributed by atoms with van der Waals surface area (Å²) < 4.78 is 4.64. The minimum atomic E-state index is -0.0639. The normalized spacial score (nSPS) is 19.7. The molecule has 0 amide bonds. The van der Waals surface area contributed by atoms with Crippen LogP contribution in [0.2, 0.25) is 0 Å². The lowest BCUT2D eigenvalue weighted by molar-refractivity contribution is -0.140. The summed E-state index contributed by atoms with van der Waals surface area (Å²) in [5.74, 6) is -0.0639. The Labute approximate surface area is 148 Å². The molecule has 1 rings (SSSR count). The van der Waals surface area contributed by atoms with Crippen LogP contribution < -0.4 is 0 Å². The van der Waals surface area contributed by atoms with Gasteiger partial charge in [0.05, 0.1) is 7.11 Å². The molecular formula is C20H38O2S. The Morgan fingerprint density at radius 3 is 1.57 bits per heavy atom. The molecule has 23 heavy (non-hydrogen) atoms. The molecule has 0 aromatic rings. The van der Waals surface area contributed by atoms with E-state index in [-0.39, 0.29) is 5.97 Å². The predicted octanol–water partition coefficient (Wildman–Crippen LogP) is 6.51. The molecule has 1 saturated heterocycles. The van der Waals surface area contributed by atoms with Crippen molar-refractivity contribution in [2.75, 3.05) is 7.11 Å². The van der Waals surface area contributed by atoms with Gasteiger partial charge in [0.1, 0.15) is 0 Å². The number of thioether (sulfide) groups is 1. The number of carbonyl (C=O) groups is 1. The molecule has 136 valence electrons. The minimum absolute atomic E-state index is 0.0639. The SMILES string of the molecule is COC(=O)CCCCCCCCCCCCCCCC1SC1C. The molecule has 1 aliphatic rings. The van der Waals surface area contributed by atoms with Crippen LogP contribution in [-0.4, -0.2) is 23.6 Å². The fourth-order valence-corrected chi connectivity index (χ4v) is 4.09. The van der Waals surface area contributed by atoms with Gasteiger partial charge in [-0.1, -0.05) is 84.0 Å². The summed E-state index contributed by atoms with van der Waals surface area (Å²) >= 11 is 2.16. The van der Waals surface area contributed by atoms with Crippen LogP contribution in [0.1, 0.15) is 103 Å². The van der Waals surface area contributed by atoms with Crippen LogP contribution in [0.3, 0.4) is 0 Å². The van der Waals surface area contributed by atoms with Gasteiger partial charge in [-0.05, 0) is 12.8 Å². The average Bonchev–Trinajstić information content (AvgIpc) is 3.26. The molecule has 2 nitrogen and oxygen atoms in total. The third kappa shape index (κ3) is 12.9. The molecule has 3 heteroatoms. The highest BCUT2D eigenvalue weighted by Crippen LogP contribution is 2.43. The molecule has 0 aromatic heterocycles. The molecule has 0 aromatic carbocycles. The van der Waals surface area contributed by atoms with Crippen molar-refractivity contribution in [3.63, 3.8) is 0 Å². The van der Waals surface area contributed by atoms with Crippen LogP contribution in [-0.2, 0) is 9.53 Å². The summed E-state index contributed by atoms with van der Waals surface area (Å²) in [6, 6.07) is 0. The highest BCUT2D eigenvalue weighted by atomic mass is 32.2. The van der Waals surface area contributed by atoms with Gasteiger partial charge in [-0.3, -0.25) is 4.79 Å². The van der Waals surface area contributed by atoms with Gasteiger partial charge in [0.2, 0.25) is 0 Å². The first-order chi connectivity index (χ1) is 11.2. The molecule has 0 aliphatic carbocycles. The molecule has 0 saturated carbocycles. The van der Waals surface area contributed by atoms with Crippen LogP contribution in [0, 0.1) is 0 Å². The Bertz CT molecular complexity index is 293. The third-order valence-electron chi connectivity index (χ3n) is 4.93. The molecule has 0 radical (unpaired) electrons. The van der Waals surface area contributed by atoms with Gasteiger partial charge < -0.3 is 4.74 Å². The smallest absolute Gasteiger partial charge is 0.305 e. The Morgan fingerprint density at radius 1 is 0.783 bits per heavy atom. The van der Waals surface area contributed by atoms with Gasteiger partial charge in [0.15, 0.2) is 0 Å². The Morgan fingerprint density at radius 2 is 1.17 bits per heavy atom. The number of ether oxygens (including phenoxy) is 1. The molecule has 1 heterocycles. The molecule has 0 bridgehead atoms. The largest absolute Gasteiger partial charge is 0.469 e. The van der Waals surface area contributed by atoms with Gasteiger partial charge >= 0.3 is 5.97 Å². The monoisotopic (exact) mass is 342 g/mol. The first-order valence-corrected chi connectivity index (χ1v) is 10.9. The second-order valence-electron chi connectivity index (χ2n) is 7.09. The number of hydrogen-bond acceptors (Lipinski definition) is 3. The van der Waals surface area contributed by atoms with E-state index < -0.39 is 0 Å². The molecular weight excluding hydrogens is 304 g/mol. The summed E-state index contributed by atoms with van der Waals surface area (Å²) in [4.78, 5) is 11.0. The second-order valence-corrected chi connectivity index (χ2v) is 8.71. The van der Waals surface area contributed by atoms with E-state index in [4.69, 9.17) is 0 Å². The summed E-state index contributed by atoms with van der Waals surface area (Å²) in [6.07, 6.45) is 19.7. The first-order valence-electron chi connectivity index (χ1n) is 9.96. The lowest BCUT2D eigenvalue weighted by atomic mass is 10.0. The first kappa shape index (κ1) is 20.9. The molecule has 2 unspecified atom stereocenters. The summed E-state index contributed by atoms with van der Waals surface area (Å²) in [7, 11) is 1.47. The number of rotatable bonds is 16.